The van der Waals surface area contributed by atoms with Gasteiger partial charge in [0.25, 0.3) is 0 Å². The van der Waals surface area contributed by atoms with Crippen molar-refractivity contribution in [3.8, 4) is 0 Å². The molecule has 0 atom stereocenters. The second kappa shape index (κ2) is 5.95. The zero-order chi connectivity index (χ0) is 15.5. The van der Waals surface area contributed by atoms with Gasteiger partial charge in [-0.2, -0.15) is 13.2 Å². The number of rotatable bonds is 4. The molecule has 0 N–H and O–H groups in total. The van der Waals surface area contributed by atoms with Crippen LogP contribution in [0.15, 0.2) is 66.7 Å². The van der Waals surface area contributed by atoms with Crippen molar-refractivity contribution < 1.29 is 18.0 Å². The predicted octanol–water partition coefficient (Wildman–Crippen LogP) is 4.69. The molecular weight excluding hydrogens is 277 g/mol. The minimum atomic E-state index is -4.46. The molecule has 0 radical (unpaired) electrons. The van der Waals surface area contributed by atoms with Gasteiger partial charge in [-0.3, -0.25) is 4.79 Å². The Morgan fingerprint density at radius 2 is 1.67 bits per heavy atom. The van der Waals surface area contributed by atoms with Crippen molar-refractivity contribution in [2.24, 2.45) is 0 Å². The van der Waals surface area contributed by atoms with Gasteiger partial charge in [0.1, 0.15) is 0 Å². The first-order chi connectivity index (χ1) is 9.88. The fourth-order valence-electron chi connectivity index (χ4n) is 1.96. The molecule has 0 saturated heterocycles. The lowest BCUT2D eigenvalue weighted by atomic mass is 9.97. The number of carbonyl (C=O) groups is 1. The first-order valence-corrected chi connectivity index (χ1v) is 6.31. The molecule has 0 heterocycles. The molecule has 0 saturated carbocycles. The van der Waals surface area contributed by atoms with Crippen LogP contribution in [0.4, 0.5) is 13.2 Å². The third kappa shape index (κ3) is 3.81. The van der Waals surface area contributed by atoms with Crippen LogP contribution in [0.1, 0.15) is 21.5 Å². The third-order valence-electron chi connectivity index (χ3n) is 3.03. The quantitative estimate of drug-likeness (QED) is 0.590. The van der Waals surface area contributed by atoms with Crippen LogP contribution < -0.4 is 0 Å². The molecular formula is C17H13F3O. The molecule has 2 aromatic carbocycles. The summed E-state index contributed by atoms with van der Waals surface area (Å²) in [6.07, 6.45) is -4.15. The number of Topliss-reactive ketones (excluding diaryl/α,β-unsaturated/α-hetero) is 1. The SMILES string of the molecule is C=C(Cc1ccccc1)C(=O)c1cccc(C(F)(F)F)c1. The highest BCUT2D eigenvalue weighted by Gasteiger charge is 2.31. The van der Waals surface area contributed by atoms with Gasteiger partial charge >= 0.3 is 6.18 Å². The van der Waals surface area contributed by atoms with E-state index in [-0.39, 0.29) is 11.1 Å². The molecule has 2 aromatic rings. The lowest BCUT2D eigenvalue weighted by molar-refractivity contribution is -0.137. The van der Waals surface area contributed by atoms with Crippen LogP contribution in [-0.2, 0) is 12.6 Å². The average Bonchev–Trinajstić information content (AvgIpc) is 2.46. The van der Waals surface area contributed by atoms with Gasteiger partial charge < -0.3 is 0 Å². The third-order valence-corrected chi connectivity index (χ3v) is 3.03. The van der Waals surface area contributed by atoms with Gasteiger partial charge in [0.2, 0.25) is 0 Å². The maximum absolute atomic E-state index is 12.6. The van der Waals surface area contributed by atoms with Crippen LogP contribution in [0.2, 0.25) is 0 Å². The molecule has 4 heteroatoms. The topological polar surface area (TPSA) is 17.1 Å². The van der Waals surface area contributed by atoms with Crippen LogP contribution in [0.3, 0.4) is 0 Å². The molecule has 0 fully saturated rings. The predicted molar refractivity (Wildman–Crippen MR) is 75.1 cm³/mol. The maximum atomic E-state index is 12.6. The van der Waals surface area contributed by atoms with Crippen LogP contribution >= 0.6 is 0 Å². The highest BCUT2D eigenvalue weighted by Crippen LogP contribution is 2.30. The lowest BCUT2D eigenvalue weighted by Crippen LogP contribution is -2.09. The van der Waals surface area contributed by atoms with Gasteiger partial charge in [0.05, 0.1) is 5.56 Å². The highest BCUT2D eigenvalue weighted by molar-refractivity contribution is 6.08. The molecule has 2 rings (SSSR count). The molecule has 0 aliphatic carbocycles. The Morgan fingerprint density at radius 1 is 1.00 bits per heavy atom. The van der Waals surface area contributed by atoms with Crippen molar-refractivity contribution in [2.45, 2.75) is 12.6 Å². The fourth-order valence-corrected chi connectivity index (χ4v) is 1.96. The number of hydrogen-bond acceptors (Lipinski definition) is 1. The van der Waals surface area contributed by atoms with E-state index in [0.29, 0.717) is 6.42 Å². The van der Waals surface area contributed by atoms with E-state index in [4.69, 9.17) is 0 Å². The number of benzene rings is 2. The summed E-state index contributed by atoms with van der Waals surface area (Å²) in [5.74, 6) is -0.468. The standard InChI is InChI=1S/C17H13F3O/c1-12(10-13-6-3-2-4-7-13)16(21)14-8-5-9-15(11-14)17(18,19)20/h2-9,11H,1,10H2. The largest absolute Gasteiger partial charge is 0.416 e. The summed E-state index contributed by atoms with van der Waals surface area (Å²) < 4.78 is 37.9. The first kappa shape index (κ1) is 15.0. The second-order valence-corrected chi connectivity index (χ2v) is 4.67. The number of allylic oxidation sites excluding steroid dienone is 1. The van der Waals surface area contributed by atoms with Crippen molar-refractivity contribution in [3.63, 3.8) is 0 Å². The van der Waals surface area contributed by atoms with Crippen molar-refractivity contribution in [3.05, 3.63) is 83.4 Å². The van der Waals surface area contributed by atoms with Crippen molar-refractivity contribution in [1.29, 1.82) is 0 Å². The van der Waals surface area contributed by atoms with Gasteiger partial charge in [-0.05, 0) is 23.3 Å². The zero-order valence-corrected chi connectivity index (χ0v) is 11.2. The van der Waals surface area contributed by atoms with Gasteiger partial charge in [-0.15, -0.1) is 0 Å². The van der Waals surface area contributed by atoms with E-state index < -0.39 is 17.5 Å². The summed E-state index contributed by atoms with van der Waals surface area (Å²) in [5, 5.41) is 0. The van der Waals surface area contributed by atoms with E-state index in [1.54, 1.807) is 0 Å². The van der Waals surface area contributed by atoms with E-state index in [1.165, 1.54) is 12.1 Å². The minimum absolute atomic E-state index is 0.00533. The normalized spacial score (nSPS) is 11.2. The van der Waals surface area contributed by atoms with E-state index in [2.05, 4.69) is 6.58 Å². The van der Waals surface area contributed by atoms with E-state index in [0.717, 1.165) is 17.7 Å². The number of halogens is 3. The lowest BCUT2D eigenvalue weighted by Gasteiger charge is -2.09. The highest BCUT2D eigenvalue weighted by atomic mass is 19.4. The van der Waals surface area contributed by atoms with Crippen LogP contribution in [-0.4, -0.2) is 5.78 Å². The maximum Gasteiger partial charge on any atom is 0.416 e. The van der Waals surface area contributed by atoms with E-state index in [1.807, 2.05) is 30.3 Å². The molecule has 0 amide bonds. The van der Waals surface area contributed by atoms with Gasteiger partial charge in [-0.1, -0.05) is 49.0 Å². The number of alkyl halides is 3. The molecule has 0 aliphatic rings. The molecule has 0 aliphatic heterocycles. The van der Waals surface area contributed by atoms with E-state index >= 15 is 0 Å². The molecule has 0 bridgehead atoms. The number of carbonyl (C=O) groups excluding carboxylic acids is 1. The van der Waals surface area contributed by atoms with E-state index in [9.17, 15) is 18.0 Å². The van der Waals surface area contributed by atoms with Gasteiger partial charge in [0.15, 0.2) is 5.78 Å². The minimum Gasteiger partial charge on any atom is -0.289 e. The Bertz CT molecular complexity index is 657. The summed E-state index contributed by atoms with van der Waals surface area (Å²) in [4.78, 5) is 12.2. The smallest absolute Gasteiger partial charge is 0.289 e. The molecule has 0 unspecified atom stereocenters. The van der Waals surface area contributed by atoms with Crippen LogP contribution in [0.5, 0.6) is 0 Å². The Kier molecular flexibility index (Phi) is 4.26. The summed E-state index contributed by atoms with van der Waals surface area (Å²) in [6.45, 7) is 3.69. The van der Waals surface area contributed by atoms with Crippen molar-refractivity contribution >= 4 is 5.78 Å². The average molecular weight is 290 g/mol. The Balaban J connectivity index is 2.18. The number of ketones is 1. The second-order valence-electron chi connectivity index (χ2n) is 4.67. The van der Waals surface area contributed by atoms with Gasteiger partial charge in [-0.25, -0.2) is 0 Å². The van der Waals surface area contributed by atoms with Crippen molar-refractivity contribution in [1.82, 2.24) is 0 Å². The molecule has 1 nitrogen and oxygen atoms in total. The summed E-state index contributed by atoms with van der Waals surface area (Å²) in [6, 6.07) is 13.6. The number of hydrogen-bond donors (Lipinski definition) is 0. The Labute approximate surface area is 120 Å². The first-order valence-electron chi connectivity index (χ1n) is 6.31. The molecule has 21 heavy (non-hydrogen) atoms. The fraction of sp³-hybridized carbons (Fsp3) is 0.118. The Morgan fingerprint density at radius 3 is 2.29 bits per heavy atom. The monoisotopic (exact) mass is 290 g/mol. The van der Waals surface area contributed by atoms with Crippen molar-refractivity contribution in [2.75, 3.05) is 0 Å². The Hall–Kier alpha value is -2.36. The molecule has 108 valence electrons. The molecule has 0 aromatic heterocycles. The summed E-state index contributed by atoms with van der Waals surface area (Å²) in [5.41, 5.74) is 0.329. The summed E-state index contributed by atoms with van der Waals surface area (Å²) in [7, 11) is 0. The molecule has 0 spiro atoms. The van der Waals surface area contributed by atoms with Crippen LogP contribution in [0.25, 0.3) is 0 Å². The summed E-state index contributed by atoms with van der Waals surface area (Å²) >= 11 is 0. The van der Waals surface area contributed by atoms with Gasteiger partial charge in [0, 0.05) is 12.0 Å². The zero-order valence-electron chi connectivity index (χ0n) is 11.2. The van der Waals surface area contributed by atoms with Crippen LogP contribution in [0, 0.1) is 0 Å².